The maximum Gasteiger partial charge on any atom is 0.216 e. The first-order valence-electron chi connectivity index (χ1n) is 14.9. The number of benzene rings is 1. The number of rotatable bonds is 8. The molecule has 3 aliphatic rings. The highest BCUT2D eigenvalue weighted by Gasteiger charge is 2.47. The summed E-state index contributed by atoms with van der Waals surface area (Å²) in [4.78, 5) is 11.1. The van der Waals surface area contributed by atoms with E-state index in [9.17, 15) is 13.6 Å². The van der Waals surface area contributed by atoms with E-state index in [4.69, 9.17) is 9.47 Å². The Morgan fingerprint density at radius 3 is 2.20 bits per heavy atom. The van der Waals surface area contributed by atoms with Crippen LogP contribution in [0.2, 0.25) is 0 Å². The summed E-state index contributed by atoms with van der Waals surface area (Å²) in [7, 11) is 0. The summed E-state index contributed by atoms with van der Waals surface area (Å²) in [6.45, 7) is 14.8. The standard InChI is InChI=1S/C24H38N2O3.C7H6F2.C2H6/c1-4-19(2)21-7-5-8-22(10-9-21)23(26-16-6-15-25-20(3)27)11-13-24(14-12-23)28-17-18-29-24;1-5-2-6(8)4-7(9)3-5;1-2/h5,7-9,19,26H,4,6,10-18H2,1-3H3,(H,25,27);2-4H,1H3;1-2H3. The van der Waals surface area contributed by atoms with Gasteiger partial charge in [-0.3, -0.25) is 4.79 Å². The Hall–Kier alpha value is -2.35. The van der Waals surface area contributed by atoms with Crippen LogP contribution in [0.4, 0.5) is 8.78 Å². The summed E-state index contributed by atoms with van der Waals surface area (Å²) in [5.74, 6) is -0.773. The first-order valence-corrected chi connectivity index (χ1v) is 14.9. The molecule has 1 aliphatic heterocycles. The number of carbonyl (C=O) groups is 1. The van der Waals surface area contributed by atoms with Crippen LogP contribution in [-0.4, -0.2) is 43.5 Å². The molecule has 1 spiro atoms. The van der Waals surface area contributed by atoms with Gasteiger partial charge in [0.25, 0.3) is 0 Å². The summed E-state index contributed by atoms with van der Waals surface area (Å²) in [5.41, 5.74) is 3.48. The van der Waals surface area contributed by atoms with Crippen molar-refractivity contribution in [1.82, 2.24) is 10.6 Å². The first-order chi connectivity index (χ1) is 19.2. The Labute approximate surface area is 240 Å². The molecule has 0 bridgehead atoms. The highest BCUT2D eigenvalue weighted by atomic mass is 19.1. The van der Waals surface area contributed by atoms with Gasteiger partial charge in [0.1, 0.15) is 11.6 Å². The molecule has 1 aromatic rings. The molecule has 4 rings (SSSR count). The largest absolute Gasteiger partial charge is 0.356 e. The molecule has 1 saturated carbocycles. The van der Waals surface area contributed by atoms with Gasteiger partial charge in [-0.05, 0) is 80.3 Å². The van der Waals surface area contributed by atoms with Gasteiger partial charge < -0.3 is 20.1 Å². The number of nitrogens with one attached hydrogen (secondary N) is 2. The lowest BCUT2D eigenvalue weighted by Gasteiger charge is -2.46. The Kier molecular flexibility index (Phi) is 14.2. The molecule has 1 unspecified atom stereocenters. The molecule has 1 saturated heterocycles. The zero-order valence-corrected chi connectivity index (χ0v) is 25.4. The van der Waals surface area contributed by atoms with E-state index in [0.29, 0.717) is 31.2 Å². The number of hydrogen-bond acceptors (Lipinski definition) is 4. The topological polar surface area (TPSA) is 59.6 Å². The monoisotopic (exact) mass is 560 g/mol. The van der Waals surface area contributed by atoms with Crippen molar-refractivity contribution in [2.75, 3.05) is 26.3 Å². The Morgan fingerprint density at radius 1 is 1.02 bits per heavy atom. The van der Waals surface area contributed by atoms with E-state index in [-0.39, 0.29) is 17.2 Å². The fraction of sp³-hybridized carbons (Fsp3) is 0.606. The van der Waals surface area contributed by atoms with Crippen molar-refractivity contribution in [3.63, 3.8) is 0 Å². The average Bonchev–Trinajstić information content (AvgIpc) is 3.23. The smallest absolute Gasteiger partial charge is 0.216 e. The molecule has 40 heavy (non-hydrogen) atoms. The van der Waals surface area contributed by atoms with Crippen LogP contribution in [0.1, 0.15) is 85.1 Å². The first kappa shape index (κ1) is 33.9. The molecular formula is C33H50F2N2O3. The number of hydrogen-bond donors (Lipinski definition) is 2. The Bertz CT molecular complexity index is 968. The van der Waals surface area contributed by atoms with Gasteiger partial charge in [0.05, 0.1) is 13.2 Å². The highest BCUT2D eigenvalue weighted by molar-refractivity contribution is 5.72. The number of halogens is 2. The number of ether oxygens (including phenoxy) is 2. The van der Waals surface area contributed by atoms with Crippen molar-refractivity contribution >= 4 is 5.91 Å². The van der Waals surface area contributed by atoms with Gasteiger partial charge in [-0.15, -0.1) is 0 Å². The van der Waals surface area contributed by atoms with E-state index in [2.05, 4.69) is 48.8 Å². The summed E-state index contributed by atoms with van der Waals surface area (Å²) in [5, 5.41) is 6.77. The number of allylic oxidation sites excluding steroid dienone is 5. The van der Waals surface area contributed by atoms with Gasteiger partial charge in [0, 0.05) is 37.9 Å². The highest BCUT2D eigenvalue weighted by Crippen LogP contribution is 2.44. The molecule has 1 aromatic carbocycles. The minimum Gasteiger partial charge on any atom is -0.356 e. The second-order valence-electron chi connectivity index (χ2n) is 10.7. The molecule has 2 fully saturated rings. The lowest BCUT2D eigenvalue weighted by molar-refractivity contribution is -0.184. The number of carbonyl (C=O) groups excluding carboxylic acids is 1. The normalized spacial score (nSPS) is 19.7. The van der Waals surface area contributed by atoms with Gasteiger partial charge in [-0.2, -0.15) is 0 Å². The minimum atomic E-state index is -0.521. The van der Waals surface area contributed by atoms with Crippen molar-refractivity contribution in [2.24, 2.45) is 5.92 Å². The van der Waals surface area contributed by atoms with Crippen LogP contribution >= 0.6 is 0 Å². The molecule has 2 aliphatic carbocycles. The predicted molar refractivity (Wildman–Crippen MR) is 159 cm³/mol. The molecule has 224 valence electrons. The summed E-state index contributed by atoms with van der Waals surface area (Å²) < 4.78 is 36.3. The van der Waals surface area contributed by atoms with E-state index in [1.54, 1.807) is 13.8 Å². The van der Waals surface area contributed by atoms with Crippen LogP contribution in [0.15, 0.2) is 53.6 Å². The van der Waals surface area contributed by atoms with Crippen LogP contribution in [-0.2, 0) is 14.3 Å². The number of aryl methyl sites for hydroxylation is 1. The molecule has 5 nitrogen and oxygen atoms in total. The van der Waals surface area contributed by atoms with Gasteiger partial charge in [0.15, 0.2) is 5.79 Å². The van der Waals surface area contributed by atoms with Crippen LogP contribution in [0, 0.1) is 24.5 Å². The van der Waals surface area contributed by atoms with Crippen LogP contribution in [0.25, 0.3) is 0 Å². The van der Waals surface area contributed by atoms with Gasteiger partial charge >= 0.3 is 0 Å². The molecule has 1 heterocycles. The van der Waals surface area contributed by atoms with Gasteiger partial charge in [-0.1, -0.05) is 52.0 Å². The lowest BCUT2D eigenvalue weighted by atomic mass is 9.72. The van der Waals surface area contributed by atoms with E-state index in [1.807, 2.05) is 13.8 Å². The zero-order chi connectivity index (χ0) is 29.6. The summed E-state index contributed by atoms with van der Waals surface area (Å²) in [6.07, 6.45) is 16.2. The molecular weight excluding hydrogens is 510 g/mol. The average molecular weight is 561 g/mol. The summed E-state index contributed by atoms with van der Waals surface area (Å²) >= 11 is 0. The quantitative estimate of drug-likeness (QED) is 0.327. The third-order valence-corrected chi connectivity index (χ3v) is 7.82. The van der Waals surface area contributed by atoms with Gasteiger partial charge in [-0.25, -0.2) is 8.78 Å². The fourth-order valence-electron chi connectivity index (χ4n) is 5.42. The molecule has 7 heteroatoms. The van der Waals surface area contributed by atoms with Gasteiger partial charge in [0.2, 0.25) is 5.91 Å². The second-order valence-corrected chi connectivity index (χ2v) is 10.7. The van der Waals surface area contributed by atoms with E-state index in [1.165, 1.54) is 23.3 Å². The fourth-order valence-corrected chi connectivity index (χ4v) is 5.42. The molecule has 0 radical (unpaired) electrons. The van der Waals surface area contributed by atoms with Crippen molar-refractivity contribution < 1.29 is 23.0 Å². The van der Waals surface area contributed by atoms with Crippen LogP contribution in [0.3, 0.4) is 0 Å². The van der Waals surface area contributed by atoms with Crippen molar-refractivity contribution in [3.8, 4) is 0 Å². The SMILES string of the molecule is CC.CCC(C)C1=CCC(C2(NCCCNC(C)=O)CCC3(CC2)OCCO3)=CC=C1.Cc1cc(F)cc(F)c1. The second kappa shape index (κ2) is 16.8. The third kappa shape index (κ3) is 10.2. The molecule has 2 N–H and O–H groups in total. The summed E-state index contributed by atoms with van der Waals surface area (Å²) in [6, 6.07) is 3.42. The van der Waals surface area contributed by atoms with Crippen molar-refractivity contribution in [1.29, 1.82) is 0 Å². The maximum atomic E-state index is 12.2. The zero-order valence-electron chi connectivity index (χ0n) is 25.4. The Balaban J connectivity index is 0.000000428. The van der Waals surface area contributed by atoms with E-state index < -0.39 is 11.6 Å². The Morgan fingerprint density at radius 2 is 1.65 bits per heavy atom. The maximum absolute atomic E-state index is 12.2. The van der Waals surface area contributed by atoms with Crippen molar-refractivity contribution in [3.05, 3.63) is 70.8 Å². The molecule has 1 atom stereocenters. The van der Waals surface area contributed by atoms with E-state index >= 15 is 0 Å². The molecule has 0 aromatic heterocycles. The number of amides is 1. The van der Waals surface area contributed by atoms with Crippen LogP contribution < -0.4 is 10.6 Å². The lowest BCUT2D eigenvalue weighted by Crippen LogP contribution is -2.53. The van der Waals surface area contributed by atoms with Crippen molar-refractivity contribution in [2.45, 2.75) is 97.8 Å². The van der Waals surface area contributed by atoms with Crippen LogP contribution in [0.5, 0.6) is 0 Å². The third-order valence-electron chi connectivity index (χ3n) is 7.82. The minimum absolute atomic E-state index is 0.0253. The molecule has 1 amide bonds. The predicted octanol–water partition coefficient (Wildman–Crippen LogP) is 7.32. The van der Waals surface area contributed by atoms with E-state index in [0.717, 1.165) is 57.6 Å².